The van der Waals surface area contributed by atoms with Crippen molar-refractivity contribution in [2.75, 3.05) is 40.4 Å². The van der Waals surface area contributed by atoms with Crippen molar-refractivity contribution in [2.45, 2.75) is 6.54 Å². The van der Waals surface area contributed by atoms with Crippen LogP contribution in [0.3, 0.4) is 0 Å². The molecule has 7 nitrogen and oxygen atoms in total. The Kier molecular flexibility index (Phi) is 6.58. The number of amides is 1. The standard InChI is InChI=1S/C23H25BrN4O3/c1-30-19-7-8-22(31-2)17(13-19)15-27-9-11-28(12-10-27)23(29)21-14-20(25-26-21)16-3-5-18(24)6-4-16/h3-8,13-14H,9-12,15H2,1-2H3,(H,25,26). The third-order valence-corrected chi connectivity index (χ3v) is 6.02. The maximum Gasteiger partial charge on any atom is 0.271 e. The van der Waals surface area contributed by atoms with Crippen LogP contribution >= 0.6 is 15.9 Å². The molecule has 0 aliphatic carbocycles. The number of H-pyrrole nitrogens is 1. The van der Waals surface area contributed by atoms with E-state index in [9.17, 15) is 4.79 Å². The van der Waals surface area contributed by atoms with Crippen molar-refractivity contribution in [1.29, 1.82) is 0 Å². The molecule has 3 aromatic rings. The van der Waals surface area contributed by atoms with Crippen molar-refractivity contribution in [3.63, 3.8) is 0 Å². The lowest BCUT2D eigenvalue weighted by atomic mass is 10.1. The SMILES string of the molecule is COc1ccc(OC)c(CN2CCN(C(=O)c3cc(-c4ccc(Br)cc4)n[nH]3)CC2)c1. The van der Waals surface area contributed by atoms with Crippen LogP contribution < -0.4 is 9.47 Å². The lowest BCUT2D eigenvalue weighted by Crippen LogP contribution is -2.48. The van der Waals surface area contributed by atoms with Crippen molar-refractivity contribution in [2.24, 2.45) is 0 Å². The van der Waals surface area contributed by atoms with E-state index >= 15 is 0 Å². The smallest absolute Gasteiger partial charge is 0.271 e. The summed E-state index contributed by atoms with van der Waals surface area (Å²) in [6.07, 6.45) is 0. The number of halogens is 1. The molecule has 0 radical (unpaired) electrons. The minimum Gasteiger partial charge on any atom is -0.497 e. The van der Waals surface area contributed by atoms with Gasteiger partial charge in [-0.3, -0.25) is 14.8 Å². The number of hydrogen-bond donors (Lipinski definition) is 1. The molecule has 0 saturated carbocycles. The normalized spacial score (nSPS) is 14.5. The molecule has 0 unspecified atom stereocenters. The van der Waals surface area contributed by atoms with Gasteiger partial charge in [0.2, 0.25) is 0 Å². The molecule has 1 aliphatic rings. The Morgan fingerprint density at radius 2 is 1.77 bits per heavy atom. The highest BCUT2D eigenvalue weighted by atomic mass is 79.9. The summed E-state index contributed by atoms with van der Waals surface area (Å²) >= 11 is 3.43. The minimum absolute atomic E-state index is 0.0190. The van der Waals surface area contributed by atoms with Gasteiger partial charge in [-0.15, -0.1) is 0 Å². The zero-order chi connectivity index (χ0) is 21.8. The molecule has 0 spiro atoms. The molecule has 1 aromatic heterocycles. The fraction of sp³-hybridized carbons (Fsp3) is 0.304. The number of ether oxygens (including phenoxy) is 2. The largest absolute Gasteiger partial charge is 0.497 e. The number of aromatic amines is 1. The van der Waals surface area contributed by atoms with E-state index in [1.165, 1.54) is 0 Å². The number of aromatic nitrogens is 2. The molecular formula is C23H25BrN4O3. The van der Waals surface area contributed by atoms with Crippen LogP contribution in [0.2, 0.25) is 0 Å². The van der Waals surface area contributed by atoms with E-state index in [2.05, 4.69) is 31.0 Å². The van der Waals surface area contributed by atoms with Crippen LogP contribution in [0.4, 0.5) is 0 Å². The Balaban J connectivity index is 1.37. The van der Waals surface area contributed by atoms with Gasteiger partial charge in [-0.1, -0.05) is 28.1 Å². The van der Waals surface area contributed by atoms with E-state index in [0.717, 1.165) is 52.4 Å². The first-order chi connectivity index (χ1) is 15.1. The maximum atomic E-state index is 12.9. The quantitative estimate of drug-likeness (QED) is 0.575. The molecule has 162 valence electrons. The van der Waals surface area contributed by atoms with Crippen LogP contribution in [0.1, 0.15) is 16.1 Å². The highest BCUT2D eigenvalue weighted by Gasteiger charge is 2.24. The number of carbonyl (C=O) groups is 1. The minimum atomic E-state index is -0.0190. The summed E-state index contributed by atoms with van der Waals surface area (Å²) in [4.78, 5) is 17.1. The Morgan fingerprint density at radius 3 is 2.45 bits per heavy atom. The van der Waals surface area contributed by atoms with E-state index in [1.807, 2.05) is 53.4 Å². The van der Waals surface area contributed by atoms with Gasteiger partial charge in [-0.25, -0.2) is 0 Å². The predicted molar refractivity (Wildman–Crippen MR) is 122 cm³/mol. The molecule has 1 N–H and O–H groups in total. The first-order valence-corrected chi connectivity index (χ1v) is 10.9. The second-order valence-electron chi connectivity index (χ2n) is 7.42. The highest BCUT2D eigenvalue weighted by molar-refractivity contribution is 9.10. The lowest BCUT2D eigenvalue weighted by Gasteiger charge is -2.34. The number of rotatable bonds is 6. The van der Waals surface area contributed by atoms with Crippen LogP contribution in [0.25, 0.3) is 11.3 Å². The first kappa shape index (κ1) is 21.4. The van der Waals surface area contributed by atoms with Crippen molar-refractivity contribution >= 4 is 21.8 Å². The van der Waals surface area contributed by atoms with E-state index in [0.29, 0.717) is 18.8 Å². The van der Waals surface area contributed by atoms with Gasteiger partial charge in [0, 0.05) is 48.3 Å². The lowest BCUT2D eigenvalue weighted by molar-refractivity contribution is 0.0621. The van der Waals surface area contributed by atoms with Gasteiger partial charge < -0.3 is 14.4 Å². The number of carbonyl (C=O) groups excluding carboxylic acids is 1. The maximum absolute atomic E-state index is 12.9. The Labute approximate surface area is 190 Å². The topological polar surface area (TPSA) is 70.7 Å². The average Bonchev–Trinajstić information content (AvgIpc) is 3.30. The van der Waals surface area contributed by atoms with Crippen LogP contribution in [-0.4, -0.2) is 66.3 Å². The molecule has 8 heteroatoms. The van der Waals surface area contributed by atoms with Gasteiger partial charge >= 0.3 is 0 Å². The second kappa shape index (κ2) is 9.53. The van der Waals surface area contributed by atoms with Crippen molar-refractivity contribution in [3.05, 3.63) is 64.3 Å². The molecule has 4 rings (SSSR count). The first-order valence-electron chi connectivity index (χ1n) is 10.1. The molecule has 1 aliphatic heterocycles. The van der Waals surface area contributed by atoms with Crippen molar-refractivity contribution in [1.82, 2.24) is 20.0 Å². The summed E-state index contributed by atoms with van der Waals surface area (Å²) in [5, 5.41) is 7.21. The summed E-state index contributed by atoms with van der Waals surface area (Å²) in [6, 6.07) is 15.5. The van der Waals surface area contributed by atoms with Gasteiger partial charge in [-0.2, -0.15) is 5.10 Å². The molecule has 2 aromatic carbocycles. The summed E-state index contributed by atoms with van der Waals surface area (Å²) in [5.74, 6) is 1.64. The van der Waals surface area contributed by atoms with Crippen LogP contribution in [0.15, 0.2) is 53.0 Å². The molecule has 1 saturated heterocycles. The molecular weight excluding hydrogens is 460 g/mol. The monoisotopic (exact) mass is 484 g/mol. The summed E-state index contributed by atoms with van der Waals surface area (Å²) < 4.78 is 11.8. The zero-order valence-electron chi connectivity index (χ0n) is 17.6. The van der Waals surface area contributed by atoms with E-state index in [-0.39, 0.29) is 5.91 Å². The molecule has 1 fully saturated rings. The Bertz CT molecular complexity index is 1040. The summed E-state index contributed by atoms with van der Waals surface area (Å²) in [6.45, 7) is 3.66. The van der Waals surface area contributed by atoms with Gasteiger partial charge in [0.25, 0.3) is 5.91 Å². The number of nitrogens with zero attached hydrogens (tertiary/aromatic N) is 3. The van der Waals surface area contributed by atoms with E-state index < -0.39 is 0 Å². The number of benzene rings is 2. The van der Waals surface area contributed by atoms with E-state index in [1.54, 1.807) is 14.2 Å². The fourth-order valence-corrected chi connectivity index (χ4v) is 3.99. The van der Waals surface area contributed by atoms with Gasteiger partial charge in [-0.05, 0) is 36.4 Å². The molecule has 31 heavy (non-hydrogen) atoms. The Morgan fingerprint density at radius 1 is 1.03 bits per heavy atom. The third kappa shape index (κ3) is 4.91. The van der Waals surface area contributed by atoms with Crippen LogP contribution in [-0.2, 0) is 6.54 Å². The molecule has 0 atom stereocenters. The van der Waals surface area contributed by atoms with Crippen molar-refractivity contribution in [3.8, 4) is 22.8 Å². The highest BCUT2D eigenvalue weighted by Crippen LogP contribution is 2.26. The predicted octanol–water partition coefficient (Wildman–Crippen LogP) is 3.81. The van der Waals surface area contributed by atoms with E-state index in [4.69, 9.17) is 9.47 Å². The van der Waals surface area contributed by atoms with Gasteiger partial charge in [0.1, 0.15) is 17.2 Å². The Hall–Kier alpha value is -2.84. The average molecular weight is 485 g/mol. The van der Waals surface area contributed by atoms with Crippen molar-refractivity contribution < 1.29 is 14.3 Å². The molecule has 0 bridgehead atoms. The third-order valence-electron chi connectivity index (χ3n) is 5.49. The van der Waals surface area contributed by atoms with Crippen LogP contribution in [0, 0.1) is 0 Å². The molecule has 2 heterocycles. The van der Waals surface area contributed by atoms with Crippen LogP contribution in [0.5, 0.6) is 11.5 Å². The van der Waals surface area contributed by atoms with Gasteiger partial charge in [0.05, 0.1) is 19.9 Å². The number of nitrogens with one attached hydrogen (secondary N) is 1. The number of hydrogen-bond acceptors (Lipinski definition) is 5. The number of methoxy groups -OCH3 is 2. The molecule has 1 amide bonds. The van der Waals surface area contributed by atoms with Gasteiger partial charge in [0.15, 0.2) is 0 Å². The fourth-order valence-electron chi connectivity index (χ4n) is 3.73. The zero-order valence-corrected chi connectivity index (χ0v) is 19.2. The summed E-state index contributed by atoms with van der Waals surface area (Å²) in [5.41, 5.74) is 3.32. The second-order valence-corrected chi connectivity index (χ2v) is 8.34. The number of piperazine rings is 1. The summed E-state index contributed by atoms with van der Waals surface area (Å²) in [7, 11) is 3.34.